The van der Waals surface area contributed by atoms with Gasteiger partial charge in [0, 0.05) is 0 Å². The third-order valence-corrected chi connectivity index (χ3v) is 1.22. The quantitative estimate of drug-likeness (QED) is 0.557. The molecule has 4 heteroatoms. The molecule has 0 atom stereocenters. The van der Waals surface area contributed by atoms with Crippen LogP contribution < -0.4 is 0 Å². The van der Waals surface area contributed by atoms with Crippen LogP contribution in [0.5, 0.6) is 0 Å². The largest absolute Gasteiger partial charge is 0.384 e. The molecule has 0 aliphatic heterocycles. The van der Waals surface area contributed by atoms with Crippen LogP contribution in [0.3, 0.4) is 0 Å². The van der Waals surface area contributed by atoms with E-state index < -0.39 is 12.8 Å². The van der Waals surface area contributed by atoms with Crippen molar-refractivity contribution in [3.05, 3.63) is 0 Å². The molecule has 0 N–H and O–H groups in total. The van der Waals surface area contributed by atoms with Crippen LogP contribution in [0.25, 0.3) is 0 Å². The smallest absolute Gasteiger partial charge is 0.318 e. The predicted octanol–water partition coefficient (Wildman–Crippen LogP) is 2.76. The molecule has 0 rings (SSSR count). The number of alkyl halides is 3. The molecule has 0 aliphatic rings. The summed E-state index contributed by atoms with van der Waals surface area (Å²) in [5.74, 6) is 0. The van der Waals surface area contributed by atoms with Crippen LogP contribution in [0.4, 0.5) is 13.2 Å². The molecular weight excluding hydrogens is 157 g/mol. The molecule has 0 unspecified atom stereocenters. The van der Waals surface area contributed by atoms with E-state index in [1.165, 1.54) is 0 Å². The van der Waals surface area contributed by atoms with Gasteiger partial charge in [0.05, 0.1) is 6.61 Å². The molecule has 0 bridgehead atoms. The standard InChI is InChI=1S/C7H13F3O/c1-2-3-4-5-11-7(9,10)6-8/h2-6H2,1H3. The van der Waals surface area contributed by atoms with Gasteiger partial charge in [0.15, 0.2) is 6.67 Å². The Hall–Kier alpha value is -0.250. The van der Waals surface area contributed by atoms with Crippen molar-refractivity contribution in [2.24, 2.45) is 0 Å². The Morgan fingerprint density at radius 1 is 1.27 bits per heavy atom. The van der Waals surface area contributed by atoms with E-state index in [1.54, 1.807) is 0 Å². The number of rotatable bonds is 6. The second kappa shape index (κ2) is 5.41. The van der Waals surface area contributed by atoms with Gasteiger partial charge in [-0.1, -0.05) is 19.8 Å². The Kier molecular flexibility index (Phi) is 5.28. The van der Waals surface area contributed by atoms with Crippen molar-refractivity contribution >= 4 is 0 Å². The van der Waals surface area contributed by atoms with Gasteiger partial charge in [-0.3, -0.25) is 0 Å². The highest BCUT2D eigenvalue weighted by atomic mass is 19.3. The van der Waals surface area contributed by atoms with E-state index in [1.807, 2.05) is 6.92 Å². The van der Waals surface area contributed by atoms with Gasteiger partial charge >= 0.3 is 6.11 Å². The lowest BCUT2D eigenvalue weighted by Crippen LogP contribution is -2.23. The van der Waals surface area contributed by atoms with Gasteiger partial charge in [-0.05, 0) is 6.42 Å². The normalized spacial score (nSPS) is 12.0. The molecule has 0 heterocycles. The molecule has 0 aromatic carbocycles. The van der Waals surface area contributed by atoms with Crippen molar-refractivity contribution in [3.8, 4) is 0 Å². The SMILES string of the molecule is CCCCCOC(F)(F)CF. The van der Waals surface area contributed by atoms with Crippen molar-refractivity contribution in [1.82, 2.24) is 0 Å². The summed E-state index contributed by atoms with van der Waals surface area (Å²) in [6.07, 6.45) is -1.24. The number of unbranched alkanes of at least 4 members (excludes halogenated alkanes) is 2. The van der Waals surface area contributed by atoms with Crippen molar-refractivity contribution in [1.29, 1.82) is 0 Å². The molecular formula is C7H13F3O. The summed E-state index contributed by atoms with van der Waals surface area (Å²) in [5, 5.41) is 0. The Morgan fingerprint density at radius 3 is 2.36 bits per heavy atom. The minimum absolute atomic E-state index is 0.0647. The second-order valence-electron chi connectivity index (χ2n) is 2.33. The lowest BCUT2D eigenvalue weighted by Gasteiger charge is -2.11. The summed E-state index contributed by atoms with van der Waals surface area (Å²) in [4.78, 5) is 0. The van der Waals surface area contributed by atoms with Crippen LogP contribution in [-0.2, 0) is 4.74 Å². The molecule has 0 spiro atoms. The van der Waals surface area contributed by atoms with Crippen molar-refractivity contribution < 1.29 is 17.9 Å². The van der Waals surface area contributed by atoms with Crippen LogP contribution >= 0.6 is 0 Å². The first-order chi connectivity index (χ1) is 5.12. The first kappa shape index (κ1) is 10.8. The van der Waals surface area contributed by atoms with Crippen LogP contribution in [0.2, 0.25) is 0 Å². The van der Waals surface area contributed by atoms with Crippen molar-refractivity contribution in [2.75, 3.05) is 13.3 Å². The van der Waals surface area contributed by atoms with Crippen molar-refractivity contribution in [3.63, 3.8) is 0 Å². The minimum atomic E-state index is -3.58. The zero-order valence-electron chi connectivity index (χ0n) is 6.58. The third-order valence-electron chi connectivity index (χ3n) is 1.22. The third kappa shape index (κ3) is 6.16. The van der Waals surface area contributed by atoms with Gasteiger partial charge in [-0.15, -0.1) is 0 Å². The number of halogens is 3. The summed E-state index contributed by atoms with van der Waals surface area (Å²) in [5.41, 5.74) is 0. The monoisotopic (exact) mass is 170 g/mol. The van der Waals surface area contributed by atoms with Crippen LogP contribution in [0, 0.1) is 0 Å². The van der Waals surface area contributed by atoms with Gasteiger partial charge in [-0.25, -0.2) is 4.39 Å². The molecule has 0 saturated carbocycles. The Balaban J connectivity index is 3.23. The van der Waals surface area contributed by atoms with Gasteiger partial charge in [0.1, 0.15) is 0 Å². The van der Waals surface area contributed by atoms with E-state index in [-0.39, 0.29) is 6.61 Å². The molecule has 0 fully saturated rings. The molecule has 0 aromatic heterocycles. The van der Waals surface area contributed by atoms with Gasteiger partial charge in [0.2, 0.25) is 0 Å². The molecule has 11 heavy (non-hydrogen) atoms. The zero-order valence-corrected chi connectivity index (χ0v) is 6.58. The van der Waals surface area contributed by atoms with Gasteiger partial charge in [0.25, 0.3) is 0 Å². The summed E-state index contributed by atoms with van der Waals surface area (Å²) in [6, 6.07) is 0. The van der Waals surface area contributed by atoms with E-state index in [4.69, 9.17) is 0 Å². The summed E-state index contributed by atoms with van der Waals surface area (Å²) in [6.45, 7) is 0.150. The van der Waals surface area contributed by atoms with E-state index in [2.05, 4.69) is 4.74 Å². The fraction of sp³-hybridized carbons (Fsp3) is 1.00. The van der Waals surface area contributed by atoms with Crippen LogP contribution in [0.15, 0.2) is 0 Å². The predicted molar refractivity (Wildman–Crippen MR) is 36.4 cm³/mol. The number of ether oxygens (including phenoxy) is 1. The zero-order chi connectivity index (χ0) is 8.74. The highest BCUT2D eigenvalue weighted by Gasteiger charge is 2.29. The average Bonchev–Trinajstić information content (AvgIpc) is 1.99. The fourth-order valence-electron chi connectivity index (χ4n) is 0.612. The van der Waals surface area contributed by atoms with E-state index in [0.29, 0.717) is 6.42 Å². The van der Waals surface area contributed by atoms with Crippen LogP contribution in [0.1, 0.15) is 26.2 Å². The first-order valence-electron chi connectivity index (χ1n) is 3.70. The molecule has 0 aromatic rings. The van der Waals surface area contributed by atoms with Crippen LogP contribution in [-0.4, -0.2) is 19.4 Å². The first-order valence-corrected chi connectivity index (χ1v) is 3.70. The minimum Gasteiger partial charge on any atom is -0.318 e. The molecule has 68 valence electrons. The number of hydrogen-bond donors (Lipinski definition) is 0. The fourth-order valence-corrected chi connectivity index (χ4v) is 0.612. The summed E-state index contributed by atoms with van der Waals surface area (Å²) >= 11 is 0. The maximum Gasteiger partial charge on any atom is 0.384 e. The molecule has 1 nitrogen and oxygen atoms in total. The highest BCUT2D eigenvalue weighted by molar-refractivity contribution is 4.48. The molecule has 0 saturated heterocycles. The van der Waals surface area contributed by atoms with Gasteiger partial charge < -0.3 is 4.74 Å². The summed E-state index contributed by atoms with van der Waals surface area (Å²) in [7, 11) is 0. The second-order valence-corrected chi connectivity index (χ2v) is 2.33. The average molecular weight is 170 g/mol. The highest BCUT2D eigenvalue weighted by Crippen LogP contribution is 2.15. The van der Waals surface area contributed by atoms with Gasteiger partial charge in [-0.2, -0.15) is 8.78 Å². The lowest BCUT2D eigenvalue weighted by atomic mass is 10.3. The maximum absolute atomic E-state index is 12.0. The van der Waals surface area contributed by atoms with E-state index >= 15 is 0 Å². The Morgan fingerprint density at radius 2 is 1.91 bits per heavy atom. The number of hydrogen-bond acceptors (Lipinski definition) is 1. The van der Waals surface area contributed by atoms with E-state index in [0.717, 1.165) is 12.8 Å². The van der Waals surface area contributed by atoms with Crippen molar-refractivity contribution in [2.45, 2.75) is 32.3 Å². The molecule has 0 aliphatic carbocycles. The Labute approximate surface area is 64.5 Å². The lowest BCUT2D eigenvalue weighted by molar-refractivity contribution is -0.246. The van der Waals surface area contributed by atoms with E-state index in [9.17, 15) is 13.2 Å². The Bertz CT molecular complexity index is 95.7. The molecule has 0 amide bonds. The summed E-state index contributed by atoms with van der Waals surface area (Å²) < 4.78 is 39.3. The molecule has 0 radical (unpaired) electrons. The topological polar surface area (TPSA) is 9.23 Å². The maximum atomic E-state index is 12.0.